The molecule has 0 radical (unpaired) electrons. The molecule has 6 rings (SSSR count). The average molecular weight is 467 g/mol. The highest BCUT2D eigenvalue weighted by Gasteiger charge is 2.28. The van der Waals surface area contributed by atoms with Gasteiger partial charge in [0.15, 0.2) is 28.6 Å². The van der Waals surface area contributed by atoms with Crippen molar-refractivity contribution in [1.29, 1.82) is 0 Å². The summed E-state index contributed by atoms with van der Waals surface area (Å²) in [7, 11) is 0. The van der Waals surface area contributed by atoms with Gasteiger partial charge in [-0.15, -0.1) is 5.10 Å². The number of halogens is 2. The maximum Gasteiger partial charge on any atom is 0.330 e. The van der Waals surface area contributed by atoms with E-state index in [2.05, 4.69) is 15.1 Å². The van der Waals surface area contributed by atoms with Gasteiger partial charge < -0.3 is 14.9 Å². The maximum atomic E-state index is 13.9. The lowest BCUT2D eigenvalue weighted by Gasteiger charge is -2.08. The zero-order valence-corrected chi connectivity index (χ0v) is 17.8. The molecule has 1 aliphatic carbocycles. The van der Waals surface area contributed by atoms with Crippen LogP contribution in [0.5, 0.6) is 5.75 Å². The Kier molecular flexibility index (Phi) is 4.61. The summed E-state index contributed by atoms with van der Waals surface area (Å²) in [6.07, 6.45) is 3.59. The minimum Gasteiger partial charge on any atom is -0.489 e. The first kappa shape index (κ1) is 20.4. The third-order valence-electron chi connectivity index (χ3n) is 5.80. The highest BCUT2D eigenvalue weighted by molar-refractivity contribution is 5.88. The topological polar surface area (TPSA) is 118 Å². The summed E-state index contributed by atoms with van der Waals surface area (Å²) in [5.41, 5.74) is 7.08. The molecule has 0 aliphatic heterocycles. The normalized spacial score (nSPS) is 13.8. The molecule has 10 nitrogen and oxygen atoms in total. The fourth-order valence-electron chi connectivity index (χ4n) is 3.97. The van der Waals surface area contributed by atoms with Crippen molar-refractivity contribution in [1.82, 2.24) is 28.7 Å². The van der Waals surface area contributed by atoms with Crippen LogP contribution in [0.4, 0.5) is 14.7 Å². The first-order valence-corrected chi connectivity index (χ1v) is 10.8. The van der Waals surface area contributed by atoms with Crippen LogP contribution in [0.3, 0.4) is 0 Å². The molecule has 0 amide bonds. The predicted molar refractivity (Wildman–Crippen MR) is 117 cm³/mol. The number of fused-ring (bicyclic) bond motifs is 3. The minimum absolute atomic E-state index is 0.0396. The van der Waals surface area contributed by atoms with Crippen molar-refractivity contribution in [3.8, 4) is 17.3 Å². The molecule has 1 aromatic carbocycles. The number of benzene rings is 1. The molecule has 5 aromatic rings. The number of imidazole rings is 1. The van der Waals surface area contributed by atoms with E-state index in [1.165, 1.54) is 21.4 Å². The van der Waals surface area contributed by atoms with Crippen LogP contribution in [-0.4, -0.2) is 35.3 Å². The van der Waals surface area contributed by atoms with Crippen LogP contribution in [0.25, 0.3) is 28.4 Å². The molecule has 174 valence electrons. The molecule has 0 bridgehead atoms. The molecule has 0 atom stereocenters. The van der Waals surface area contributed by atoms with Crippen LogP contribution in [0.15, 0.2) is 45.8 Å². The lowest BCUT2D eigenvalue weighted by Crippen LogP contribution is -2.27. The molecule has 1 aliphatic rings. The Balaban J connectivity index is 1.43. The Morgan fingerprint density at radius 3 is 2.74 bits per heavy atom. The van der Waals surface area contributed by atoms with Crippen LogP contribution in [0.2, 0.25) is 0 Å². The van der Waals surface area contributed by atoms with Gasteiger partial charge in [-0.1, -0.05) is 0 Å². The van der Waals surface area contributed by atoms with Gasteiger partial charge in [0.25, 0.3) is 0 Å². The van der Waals surface area contributed by atoms with Crippen LogP contribution in [0.1, 0.15) is 12.8 Å². The van der Waals surface area contributed by atoms with Crippen LogP contribution >= 0.6 is 0 Å². The molecule has 0 saturated heterocycles. The molecule has 1 fully saturated rings. The van der Waals surface area contributed by atoms with E-state index in [4.69, 9.17) is 14.9 Å². The highest BCUT2D eigenvalue weighted by Crippen LogP contribution is 2.32. The molecular formula is C22H19F2N7O3. The third kappa shape index (κ3) is 3.38. The summed E-state index contributed by atoms with van der Waals surface area (Å²) >= 11 is 0. The summed E-state index contributed by atoms with van der Waals surface area (Å²) in [5, 5.41) is 4.40. The van der Waals surface area contributed by atoms with Crippen molar-refractivity contribution in [3.63, 3.8) is 0 Å². The van der Waals surface area contributed by atoms with Gasteiger partial charge in [-0.25, -0.2) is 18.6 Å². The van der Waals surface area contributed by atoms with Crippen LogP contribution < -0.4 is 16.2 Å². The van der Waals surface area contributed by atoms with Crippen molar-refractivity contribution in [2.45, 2.75) is 25.9 Å². The number of furan rings is 1. The summed E-state index contributed by atoms with van der Waals surface area (Å²) in [6.45, 7) is 0.549. The fraction of sp³-hybridized carbons (Fsp3) is 0.273. The van der Waals surface area contributed by atoms with E-state index in [9.17, 15) is 13.6 Å². The largest absolute Gasteiger partial charge is 0.489 e. The lowest BCUT2D eigenvalue weighted by molar-refractivity contribution is 0.282. The monoisotopic (exact) mass is 467 g/mol. The molecule has 34 heavy (non-hydrogen) atoms. The Bertz CT molecular complexity index is 1580. The zero-order chi connectivity index (χ0) is 23.4. The number of aromatic nitrogens is 6. The van der Waals surface area contributed by atoms with Gasteiger partial charge in [0.2, 0.25) is 11.8 Å². The van der Waals surface area contributed by atoms with Crippen LogP contribution in [-0.2, 0) is 13.1 Å². The quantitative estimate of drug-likeness (QED) is 0.391. The number of nitrogen functional groups attached to an aromatic ring is 1. The smallest absolute Gasteiger partial charge is 0.330 e. The lowest BCUT2D eigenvalue weighted by atomic mass is 10.3. The van der Waals surface area contributed by atoms with E-state index in [-0.39, 0.29) is 30.5 Å². The van der Waals surface area contributed by atoms with Gasteiger partial charge in [-0.05, 0) is 43.0 Å². The Hall–Kier alpha value is -4.22. The van der Waals surface area contributed by atoms with Crippen molar-refractivity contribution in [3.05, 3.63) is 58.7 Å². The first-order valence-electron chi connectivity index (χ1n) is 10.8. The predicted octanol–water partition coefficient (Wildman–Crippen LogP) is 2.85. The highest BCUT2D eigenvalue weighted by atomic mass is 19.1. The van der Waals surface area contributed by atoms with E-state index in [0.29, 0.717) is 40.9 Å². The molecule has 4 aromatic heterocycles. The Morgan fingerprint density at radius 1 is 1.15 bits per heavy atom. The van der Waals surface area contributed by atoms with E-state index in [1.807, 2.05) is 0 Å². The fourth-order valence-corrected chi connectivity index (χ4v) is 3.97. The summed E-state index contributed by atoms with van der Waals surface area (Å²) in [4.78, 5) is 22.4. The maximum absolute atomic E-state index is 13.9. The standard InChI is InChI=1S/C22H19F2N7O3/c23-13-5-6-15(14(24)10-13)34-9-7-29-19-17(30(22(29)32)11-12-3-4-12)20-26-18(16-2-1-8-33-16)28-31(20)21(25)27-19/h1-2,5-6,8,10,12H,3-4,7,9,11H2,(H2,25,27). The number of hydrogen-bond acceptors (Lipinski definition) is 7. The molecule has 4 heterocycles. The molecule has 2 N–H and O–H groups in total. The molecule has 12 heteroatoms. The second kappa shape index (κ2) is 7.68. The van der Waals surface area contributed by atoms with Crippen LogP contribution in [0, 0.1) is 17.6 Å². The summed E-state index contributed by atoms with van der Waals surface area (Å²) < 4.78 is 42.4. The zero-order valence-electron chi connectivity index (χ0n) is 17.8. The van der Waals surface area contributed by atoms with Gasteiger partial charge in [0.1, 0.15) is 17.9 Å². The van der Waals surface area contributed by atoms with Crippen molar-refractivity contribution >= 4 is 22.8 Å². The molecule has 0 spiro atoms. The molecular weight excluding hydrogens is 448 g/mol. The molecule has 0 unspecified atom stereocenters. The van der Waals surface area contributed by atoms with Gasteiger partial charge in [-0.3, -0.25) is 9.13 Å². The number of nitrogens with zero attached hydrogens (tertiary/aromatic N) is 6. The van der Waals surface area contributed by atoms with Crippen molar-refractivity contribution in [2.24, 2.45) is 5.92 Å². The summed E-state index contributed by atoms with van der Waals surface area (Å²) in [6, 6.07) is 6.50. The van der Waals surface area contributed by atoms with E-state index in [1.54, 1.807) is 16.7 Å². The number of ether oxygens (including phenoxy) is 1. The Labute approximate surface area is 190 Å². The van der Waals surface area contributed by atoms with E-state index >= 15 is 0 Å². The number of hydrogen-bond donors (Lipinski definition) is 1. The van der Waals surface area contributed by atoms with Gasteiger partial charge in [0, 0.05) is 12.6 Å². The number of rotatable bonds is 7. The Morgan fingerprint density at radius 2 is 2.00 bits per heavy atom. The first-order chi connectivity index (χ1) is 16.5. The SMILES string of the molecule is Nc1nc2c(c3nc(-c4ccco4)nn13)n(CC1CC1)c(=O)n2CCOc1ccc(F)cc1F. The van der Waals surface area contributed by atoms with Gasteiger partial charge in [0.05, 0.1) is 12.8 Å². The second-order valence-corrected chi connectivity index (χ2v) is 8.20. The number of anilines is 1. The van der Waals surface area contributed by atoms with Crippen molar-refractivity contribution in [2.75, 3.05) is 12.3 Å². The molecule has 1 saturated carbocycles. The van der Waals surface area contributed by atoms with E-state index < -0.39 is 11.6 Å². The van der Waals surface area contributed by atoms with Crippen molar-refractivity contribution < 1.29 is 17.9 Å². The second-order valence-electron chi connectivity index (χ2n) is 8.20. The van der Waals surface area contributed by atoms with Gasteiger partial charge in [-0.2, -0.15) is 9.50 Å². The van der Waals surface area contributed by atoms with Gasteiger partial charge >= 0.3 is 5.69 Å². The average Bonchev–Trinajstić information content (AvgIpc) is 3.19. The number of nitrogens with two attached hydrogens (primary N) is 1. The van der Waals surface area contributed by atoms with E-state index in [0.717, 1.165) is 25.0 Å². The minimum atomic E-state index is -0.818. The third-order valence-corrected chi connectivity index (χ3v) is 5.80. The summed E-state index contributed by atoms with van der Waals surface area (Å²) in [5.74, 6) is -0.397.